The Labute approximate surface area is 122 Å². The monoisotopic (exact) mass is 287 g/mol. The van der Waals surface area contributed by atoms with E-state index in [1.54, 1.807) is 0 Å². The van der Waals surface area contributed by atoms with Crippen LogP contribution in [0.1, 0.15) is 72.1 Å². The van der Waals surface area contributed by atoms with E-state index in [4.69, 9.17) is 10.2 Å². The Morgan fingerprint density at radius 1 is 0.895 bits per heavy atom. The molecular formula is C16H37NOSi. The molecule has 0 saturated heterocycles. The Morgan fingerprint density at radius 2 is 1.37 bits per heavy atom. The largest absolute Gasteiger partial charge is 0.402 e. The van der Waals surface area contributed by atoms with Gasteiger partial charge < -0.3 is 10.2 Å². The summed E-state index contributed by atoms with van der Waals surface area (Å²) in [7, 11) is -1.54. The maximum Gasteiger partial charge on any atom is 0.188 e. The summed E-state index contributed by atoms with van der Waals surface area (Å²) >= 11 is 0. The normalized spacial score (nSPS) is 14.1. The van der Waals surface area contributed by atoms with Gasteiger partial charge in [0.2, 0.25) is 0 Å². The predicted octanol–water partition coefficient (Wildman–Crippen LogP) is 5.29. The Morgan fingerprint density at radius 3 is 1.84 bits per heavy atom. The second kappa shape index (κ2) is 10.9. The molecule has 0 aliphatic carbocycles. The highest BCUT2D eigenvalue weighted by Crippen LogP contribution is 2.20. The van der Waals surface area contributed by atoms with Crippen molar-refractivity contribution in [2.24, 2.45) is 11.7 Å². The van der Waals surface area contributed by atoms with Crippen molar-refractivity contribution in [1.29, 1.82) is 0 Å². The fourth-order valence-electron chi connectivity index (χ4n) is 2.25. The zero-order chi connectivity index (χ0) is 14.7. The minimum atomic E-state index is -1.54. The van der Waals surface area contributed by atoms with Crippen molar-refractivity contribution in [1.82, 2.24) is 0 Å². The first-order valence-corrected chi connectivity index (χ1v) is 11.4. The van der Waals surface area contributed by atoms with Crippen molar-refractivity contribution in [3.8, 4) is 0 Å². The highest BCUT2D eigenvalue weighted by molar-refractivity contribution is 6.71. The first kappa shape index (κ1) is 19.1. The summed E-state index contributed by atoms with van der Waals surface area (Å²) < 4.78 is 6.08. The van der Waals surface area contributed by atoms with Crippen molar-refractivity contribution < 1.29 is 4.43 Å². The molecule has 0 rings (SSSR count). The molecule has 0 aliphatic heterocycles. The molecule has 116 valence electrons. The highest BCUT2D eigenvalue weighted by Gasteiger charge is 2.25. The fourth-order valence-corrected chi connectivity index (χ4v) is 4.48. The quantitative estimate of drug-likeness (QED) is 0.301. The number of hydrogen-bond acceptors (Lipinski definition) is 2. The van der Waals surface area contributed by atoms with E-state index in [2.05, 4.69) is 33.9 Å². The summed E-state index contributed by atoms with van der Waals surface area (Å²) in [6.45, 7) is 11.1. The van der Waals surface area contributed by atoms with Crippen LogP contribution in [0.4, 0.5) is 0 Å². The van der Waals surface area contributed by atoms with Gasteiger partial charge in [0.25, 0.3) is 0 Å². The molecule has 0 saturated carbocycles. The summed E-state index contributed by atoms with van der Waals surface area (Å²) in [5.41, 5.74) is 6.01. The van der Waals surface area contributed by atoms with Gasteiger partial charge in [-0.05, 0) is 25.1 Å². The zero-order valence-electron chi connectivity index (χ0n) is 14.0. The molecule has 2 N–H and O–H groups in total. The number of rotatable bonds is 12. The molecule has 0 heterocycles. The third-order valence-electron chi connectivity index (χ3n) is 3.74. The van der Waals surface area contributed by atoms with Gasteiger partial charge >= 0.3 is 0 Å². The molecule has 0 amide bonds. The van der Waals surface area contributed by atoms with E-state index in [0.29, 0.717) is 5.92 Å². The molecule has 0 aromatic rings. The van der Waals surface area contributed by atoms with Crippen LogP contribution in [0.3, 0.4) is 0 Å². The molecule has 0 spiro atoms. The molecule has 0 aliphatic rings. The number of hydrogen-bond donors (Lipinski definition) is 1. The lowest BCUT2D eigenvalue weighted by Gasteiger charge is -2.29. The van der Waals surface area contributed by atoms with Crippen molar-refractivity contribution in [3.05, 3.63) is 0 Å². The maximum atomic E-state index is 6.08. The fraction of sp³-hybridized carbons (Fsp3) is 1.00. The van der Waals surface area contributed by atoms with Gasteiger partial charge in [0.05, 0.1) is 6.23 Å². The Kier molecular flexibility index (Phi) is 10.9. The highest BCUT2D eigenvalue weighted by atomic mass is 28.4. The van der Waals surface area contributed by atoms with Crippen LogP contribution in [0.15, 0.2) is 0 Å². The molecule has 0 fully saturated rings. The minimum Gasteiger partial charge on any atom is -0.402 e. The predicted molar refractivity (Wildman–Crippen MR) is 88.8 cm³/mol. The first-order chi connectivity index (χ1) is 8.89. The van der Waals surface area contributed by atoms with Crippen molar-refractivity contribution >= 4 is 8.32 Å². The Balaban J connectivity index is 3.53. The van der Waals surface area contributed by atoms with Crippen LogP contribution in [0.2, 0.25) is 19.1 Å². The van der Waals surface area contributed by atoms with Crippen molar-refractivity contribution in [2.75, 3.05) is 0 Å². The lowest BCUT2D eigenvalue weighted by Crippen LogP contribution is -2.42. The van der Waals surface area contributed by atoms with Crippen LogP contribution in [-0.4, -0.2) is 14.5 Å². The molecule has 1 unspecified atom stereocenters. The SMILES string of the molecule is CCCCCCCCCC[Si](C)(C)OC(N)C(C)C. The van der Waals surface area contributed by atoms with Crippen LogP contribution in [0.25, 0.3) is 0 Å². The summed E-state index contributed by atoms with van der Waals surface area (Å²) in [4.78, 5) is 0. The van der Waals surface area contributed by atoms with Gasteiger partial charge in [-0.2, -0.15) is 0 Å². The zero-order valence-corrected chi connectivity index (χ0v) is 15.0. The third kappa shape index (κ3) is 11.6. The molecule has 0 radical (unpaired) electrons. The second-order valence-electron chi connectivity index (χ2n) is 6.81. The summed E-state index contributed by atoms with van der Waals surface area (Å²) in [6.07, 6.45) is 11.0. The smallest absolute Gasteiger partial charge is 0.188 e. The topological polar surface area (TPSA) is 35.2 Å². The summed E-state index contributed by atoms with van der Waals surface area (Å²) in [5, 5.41) is 0. The second-order valence-corrected chi connectivity index (χ2v) is 11.1. The van der Waals surface area contributed by atoms with Gasteiger partial charge in [0.1, 0.15) is 0 Å². The van der Waals surface area contributed by atoms with Crippen molar-refractivity contribution in [3.63, 3.8) is 0 Å². The van der Waals surface area contributed by atoms with Crippen molar-refractivity contribution in [2.45, 2.75) is 97.5 Å². The van der Waals surface area contributed by atoms with Gasteiger partial charge in [-0.15, -0.1) is 0 Å². The average Bonchev–Trinajstić information content (AvgIpc) is 2.31. The number of nitrogens with two attached hydrogens (primary N) is 1. The van der Waals surface area contributed by atoms with Gasteiger partial charge in [0, 0.05) is 0 Å². The standard InChI is InChI=1S/C16H37NOSi/c1-6-7-8-9-10-11-12-13-14-19(4,5)18-16(17)15(2)3/h15-16H,6-14,17H2,1-5H3. The Bertz CT molecular complexity index is 207. The van der Waals surface area contributed by atoms with E-state index in [0.717, 1.165) is 0 Å². The first-order valence-electron chi connectivity index (χ1n) is 8.32. The van der Waals surface area contributed by atoms with Crippen LogP contribution < -0.4 is 5.73 Å². The molecule has 19 heavy (non-hydrogen) atoms. The van der Waals surface area contributed by atoms with E-state index >= 15 is 0 Å². The molecule has 2 nitrogen and oxygen atoms in total. The molecule has 3 heteroatoms. The summed E-state index contributed by atoms with van der Waals surface area (Å²) in [5.74, 6) is 0.422. The average molecular weight is 288 g/mol. The van der Waals surface area contributed by atoms with E-state index in [-0.39, 0.29) is 6.23 Å². The van der Waals surface area contributed by atoms with Crippen LogP contribution in [-0.2, 0) is 4.43 Å². The molecule has 0 bridgehead atoms. The Hall–Kier alpha value is 0.137. The van der Waals surface area contributed by atoms with E-state index in [9.17, 15) is 0 Å². The lowest BCUT2D eigenvalue weighted by molar-refractivity contribution is 0.148. The van der Waals surface area contributed by atoms with Crippen LogP contribution in [0, 0.1) is 5.92 Å². The third-order valence-corrected chi connectivity index (χ3v) is 6.21. The van der Waals surface area contributed by atoms with Gasteiger partial charge in [-0.3, -0.25) is 0 Å². The van der Waals surface area contributed by atoms with E-state index in [1.165, 1.54) is 57.4 Å². The molecular weight excluding hydrogens is 250 g/mol. The van der Waals surface area contributed by atoms with E-state index in [1.807, 2.05) is 0 Å². The van der Waals surface area contributed by atoms with E-state index < -0.39 is 8.32 Å². The molecule has 0 aromatic carbocycles. The number of unbranched alkanes of at least 4 members (excludes halogenated alkanes) is 7. The van der Waals surface area contributed by atoms with Crippen LogP contribution in [0.5, 0.6) is 0 Å². The maximum absolute atomic E-state index is 6.08. The minimum absolute atomic E-state index is 0.0734. The summed E-state index contributed by atoms with van der Waals surface area (Å²) in [6, 6.07) is 1.25. The van der Waals surface area contributed by atoms with Gasteiger partial charge in [-0.25, -0.2) is 0 Å². The van der Waals surface area contributed by atoms with Gasteiger partial charge in [0.15, 0.2) is 8.32 Å². The molecule has 1 atom stereocenters. The molecule has 0 aromatic heterocycles. The van der Waals surface area contributed by atoms with Gasteiger partial charge in [-0.1, -0.05) is 72.1 Å². The lowest BCUT2D eigenvalue weighted by atomic mass is 10.1. The van der Waals surface area contributed by atoms with Crippen LogP contribution >= 0.6 is 0 Å².